The lowest BCUT2D eigenvalue weighted by atomic mass is 10.1. The molecule has 2 rings (SSSR count). The standard InChI is InChI=1S/C20H22INO3/c1-2-25-20(24)15-22(18-12-7-11-17(21)14-18)19(23)13-6-10-16-8-4-3-5-9-16/h3-5,7-9,11-12,14H,2,6,10,13,15H2,1H3. The topological polar surface area (TPSA) is 46.6 Å². The fourth-order valence-corrected chi connectivity index (χ4v) is 3.05. The van der Waals surface area contributed by atoms with Crippen molar-refractivity contribution in [1.82, 2.24) is 0 Å². The first-order valence-electron chi connectivity index (χ1n) is 8.35. The van der Waals surface area contributed by atoms with Gasteiger partial charge in [-0.3, -0.25) is 9.59 Å². The highest BCUT2D eigenvalue weighted by Crippen LogP contribution is 2.19. The van der Waals surface area contributed by atoms with E-state index in [1.807, 2.05) is 42.5 Å². The van der Waals surface area contributed by atoms with E-state index in [-0.39, 0.29) is 12.5 Å². The van der Waals surface area contributed by atoms with E-state index in [1.54, 1.807) is 6.92 Å². The molecular formula is C20H22INO3. The molecule has 5 heteroatoms. The Morgan fingerprint density at radius 3 is 2.52 bits per heavy atom. The van der Waals surface area contributed by atoms with Crippen LogP contribution in [0.3, 0.4) is 0 Å². The van der Waals surface area contributed by atoms with Crippen LogP contribution in [0, 0.1) is 3.57 Å². The summed E-state index contributed by atoms with van der Waals surface area (Å²) in [5, 5.41) is 0. The summed E-state index contributed by atoms with van der Waals surface area (Å²) in [7, 11) is 0. The molecule has 0 atom stereocenters. The maximum absolute atomic E-state index is 12.7. The number of esters is 1. The predicted octanol–water partition coefficient (Wildman–Crippen LogP) is 4.21. The van der Waals surface area contributed by atoms with Crippen molar-refractivity contribution in [2.75, 3.05) is 18.1 Å². The van der Waals surface area contributed by atoms with Gasteiger partial charge in [0, 0.05) is 15.7 Å². The molecule has 0 aliphatic carbocycles. The number of nitrogens with zero attached hydrogens (tertiary/aromatic N) is 1. The highest BCUT2D eigenvalue weighted by atomic mass is 127. The van der Waals surface area contributed by atoms with Crippen molar-refractivity contribution in [3.63, 3.8) is 0 Å². The second-order valence-electron chi connectivity index (χ2n) is 5.60. The van der Waals surface area contributed by atoms with Crippen LogP contribution < -0.4 is 4.90 Å². The van der Waals surface area contributed by atoms with Crippen LogP contribution in [-0.2, 0) is 20.7 Å². The van der Waals surface area contributed by atoms with Crippen LogP contribution in [0.25, 0.3) is 0 Å². The molecule has 0 radical (unpaired) electrons. The van der Waals surface area contributed by atoms with E-state index >= 15 is 0 Å². The number of hydrogen-bond acceptors (Lipinski definition) is 3. The molecule has 132 valence electrons. The molecule has 0 spiro atoms. The van der Waals surface area contributed by atoms with Gasteiger partial charge < -0.3 is 9.64 Å². The summed E-state index contributed by atoms with van der Waals surface area (Å²) in [5.74, 6) is -0.455. The van der Waals surface area contributed by atoms with Crippen LogP contribution in [0.15, 0.2) is 54.6 Å². The van der Waals surface area contributed by atoms with Crippen LogP contribution >= 0.6 is 22.6 Å². The van der Waals surface area contributed by atoms with Gasteiger partial charge in [-0.2, -0.15) is 0 Å². The Balaban J connectivity index is 2.03. The van der Waals surface area contributed by atoms with Crippen LogP contribution in [0.1, 0.15) is 25.3 Å². The first-order chi connectivity index (χ1) is 12.1. The van der Waals surface area contributed by atoms with E-state index in [2.05, 4.69) is 34.7 Å². The second kappa shape index (κ2) is 10.2. The fraction of sp³-hybridized carbons (Fsp3) is 0.300. The molecule has 0 fully saturated rings. The molecule has 0 heterocycles. The van der Waals surface area contributed by atoms with Gasteiger partial charge in [-0.25, -0.2) is 0 Å². The third-order valence-corrected chi connectivity index (χ3v) is 4.38. The van der Waals surface area contributed by atoms with Crippen molar-refractivity contribution in [2.45, 2.75) is 26.2 Å². The molecule has 0 N–H and O–H groups in total. The number of ether oxygens (including phenoxy) is 1. The SMILES string of the molecule is CCOC(=O)CN(C(=O)CCCc1ccccc1)c1cccc(I)c1. The van der Waals surface area contributed by atoms with Gasteiger partial charge in [0.2, 0.25) is 5.91 Å². The Labute approximate surface area is 162 Å². The van der Waals surface area contributed by atoms with Crippen molar-refractivity contribution in [2.24, 2.45) is 0 Å². The Bertz CT molecular complexity index is 703. The third kappa shape index (κ3) is 6.49. The monoisotopic (exact) mass is 451 g/mol. The van der Waals surface area contributed by atoms with Gasteiger partial charge in [-0.15, -0.1) is 0 Å². The van der Waals surface area contributed by atoms with E-state index in [0.29, 0.717) is 13.0 Å². The maximum atomic E-state index is 12.7. The molecular weight excluding hydrogens is 429 g/mol. The molecule has 4 nitrogen and oxygen atoms in total. The van der Waals surface area contributed by atoms with E-state index in [9.17, 15) is 9.59 Å². The van der Waals surface area contributed by atoms with Gasteiger partial charge in [0.25, 0.3) is 0 Å². The van der Waals surface area contributed by atoms with Gasteiger partial charge in [-0.05, 0) is 66.1 Å². The van der Waals surface area contributed by atoms with Crippen molar-refractivity contribution >= 4 is 40.2 Å². The predicted molar refractivity (Wildman–Crippen MR) is 108 cm³/mol. The highest BCUT2D eigenvalue weighted by Gasteiger charge is 2.19. The van der Waals surface area contributed by atoms with Crippen molar-refractivity contribution in [3.8, 4) is 0 Å². The molecule has 0 aliphatic rings. The first-order valence-corrected chi connectivity index (χ1v) is 9.43. The summed E-state index contributed by atoms with van der Waals surface area (Å²) in [6, 6.07) is 17.7. The zero-order valence-corrected chi connectivity index (χ0v) is 16.4. The second-order valence-corrected chi connectivity index (χ2v) is 6.85. The molecule has 2 aromatic rings. The number of aryl methyl sites for hydroxylation is 1. The summed E-state index contributed by atoms with van der Waals surface area (Å²) in [4.78, 5) is 26.1. The normalized spacial score (nSPS) is 10.3. The molecule has 0 bridgehead atoms. The molecule has 0 saturated heterocycles. The van der Waals surface area contributed by atoms with Crippen LogP contribution in [-0.4, -0.2) is 25.0 Å². The number of benzene rings is 2. The third-order valence-electron chi connectivity index (χ3n) is 3.71. The summed E-state index contributed by atoms with van der Waals surface area (Å²) < 4.78 is 6.03. The lowest BCUT2D eigenvalue weighted by Crippen LogP contribution is -2.36. The molecule has 2 aromatic carbocycles. The van der Waals surface area contributed by atoms with Crippen LogP contribution in [0.2, 0.25) is 0 Å². The number of anilines is 1. The Kier molecular flexibility index (Phi) is 7.91. The van der Waals surface area contributed by atoms with Gasteiger partial charge in [-0.1, -0.05) is 36.4 Å². The largest absolute Gasteiger partial charge is 0.465 e. The summed E-state index contributed by atoms with van der Waals surface area (Å²) >= 11 is 2.19. The van der Waals surface area contributed by atoms with E-state index in [0.717, 1.165) is 22.1 Å². The van der Waals surface area contributed by atoms with Crippen molar-refractivity contribution in [1.29, 1.82) is 0 Å². The Hall–Kier alpha value is -1.89. The number of amides is 1. The lowest BCUT2D eigenvalue weighted by molar-refractivity contribution is -0.142. The van der Waals surface area contributed by atoms with Gasteiger partial charge in [0.15, 0.2) is 0 Å². The zero-order valence-electron chi connectivity index (χ0n) is 14.3. The quantitative estimate of drug-likeness (QED) is 0.446. The lowest BCUT2D eigenvalue weighted by Gasteiger charge is -2.22. The first kappa shape index (κ1) is 19.4. The number of carbonyl (C=O) groups excluding carboxylic acids is 2. The average molecular weight is 451 g/mol. The van der Waals surface area contributed by atoms with E-state index < -0.39 is 5.97 Å². The summed E-state index contributed by atoms with van der Waals surface area (Å²) in [6.07, 6.45) is 1.97. The number of rotatable bonds is 8. The van der Waals surface area contributed by atoms with E-state index in [4.69, 9.17) is 4.74 Å². The van der Waals surface area contributed by atoms with Gasteiger partial charge in [0.1, 0.15) is 6.54 Å². The maximum Gasteiger partial charge on any atom is 0.326 e. The van der Waals surface area contributed by atoms with Gasteiger partial charge >= 0.3 is 5.97 Å². The van der Waals surface area contributed by atoms with Crippen LogP contribution in [0.5, 0.6) is 0 Å². The minimum Gasteiger partial charge on any atom is -0.465 e. The summed E-state index contributed by atoms with van der Waals surface area (Å²) in [6.45, 7) is 2.01. The molecule has 25 heavy (non-hydrogen) atoms. The van der Waals surface area contributed by atoms with Gasteiger partial charge in [0.05, 0.1) is 6.61 Å². The molecule has 0 aromatic heterocycles. The minimum atomic E-state index is -0.391. The highest BCUT2D eigenvalue weighted by molar-refractivity contribution is 14.1. The molecule has 0 saturated carbocycles. The Morgan fingerprint density at radius 1 is 1.08 bits per heavy atom. The van der Waals surface area contributed by atoms with Crippen molar-refractivity contribution in [3.05, 3.63) is 63.7 Å². The molecule has 1 amide bonds. The molecule has 0 aliphatic heterocycles. The minimum absolute atomic E-state index is 0.0574. The average Bonchev–Trinajstić information content (AvgIpc) is 2.61. The van der Waals surface area contributed by atoms with Crippen molar-refractivity contribution < 1.29 is 14.3 Å². The fourth-order valence-electron chi connectivity index (χ4n) is 2.53. The number of carbonyl (C=O) groups is 2. The number of hydrogen-bond donors (Lipinski definition) is 0. The van der Waals surface area contributed by atoms with E-state index in [1.165, 1.54) is 10.5 Å². The summed E-state index contributed by atoms with van der Waals surface area (Å²) in [5.41, 5.74) is 1.94. The zero-order chi connectivity index (χ0) is 18.1. The Morgan fingerprint density at radius 2 is 1.84 bits per heavy atom. The smallest absolute Gasteiger partial charge is 0.326 e. The molecule has 0 unspecified atom stereocenters. The van der Waals surface area contributed by atoms with Crippen LogP contribution in [0.4, 0.5) is 5.69 Å². The number of halogens is 1.